The molecule has 1 aromatic carbocycles. The lowest BCUT2D eigenvalue weighted by atomic mass is 10.3. The first-order chi connectivity index (χ1) is 9.29. The molecule has 0 amide bonds. The lowest BCUT2D eigenvalue weighted by Gasteiger charge is -2.07. The molecule has 0 bridgehead atoms. The third-order valence-corrected chi connectivity index (χ3v) is 3.34. The van der Waals surface area contributed by atoms with Crippen LogP contribution in [0.2, 0.25) is 0 Å². The first-order valence-electron chi connectivity index (χ1n) is 5.44. The van der Waals surface area contributed by atoms with Crippen LogP contribution in [0.3, 0.4) is 0 Å². The first kappa shape index (κ1) is 16.8. The summed E-state index contributed by atoms with van der Waals surface area (Å²) < 4.78 is 32.0. The van der Waals surface area contributed by atoms with Crippen LogP contribution < -0.4 is 9.88 Å². The number of benzene rings is 1. The highest BCUT2D eigenvalue weighted by Crippen LogP contribution is 2.29. The maximum Gasteiger partial charge on any atom is 0.312 e. The van der Waals surface area contributed by atoms with Crippen LogP contribution >= 0.6 is 15.9 Å². The summed E-state index contributed by atoms with van der Waals surface area (Å²) in [4.78, 5) is 10.3. The molecule has 0 aliphatic rings. The number of nitro benzene ring substituents is 1. The number of nitrogens with zero attached hydrogens (tertiary/aromatic N) is 1. The van der Waals surface area contributed by atoms with E-state index in [9.17, 15) is 18.5 Å². The minimum atomic E-state index is -3.55. The Bertz CT molecular complexity index is 577. The van der Waals surface area contributed by atoms with E-state index in [0.29, 0.717) is 4.47 Å². The minimum Gasteiger partial charge on any atom is -0.484 e. The van der Waals surface area contributed by atoms with E-state index in [1.165, 1.54) is 12.1 Å². The highest BCUT2D eigenvalue weighted by atomic mass is 79.9. The Labute approximate surface area is 124 Å². The molecular weight excluding hydrogens is 356 g/mol. The van der Waals surface area contributed by atoms with Crippen molar-refractivity contribution < 1.29 is 22.8 Å². The van der Waals surface area contributed by atoms with Crippen molar-refractivity contribution in [2.24, 2.45) is 5.14 Å². The lowest BCUT2D eigenvalue weighted by Crippen LogP contribution is -2.21. The first-order valence-corrected chi connectivity index (χ1v) is 7.95. The van der Waals surface area contributed by atoms with Gasteiger partial charge in [0.2, 0.25) is 10.0 Å². The van der Waals surface area contributed by atoms with E-state index in [0.717, 1.165) is 0 Å². The molecule has 0 saturated heterocycles. The van der Waals surface area contributed by atoms with E-state index < -0.39 is 14.9 Å². The van der Waals surface area contributed by atoms with Crippen LogP contribution in [0.5, 0.6) is 5.75 Å². The van der Waals surface area contributed by atoms with Gasteiger partial charge in [-0.25, -0.2) is 13.6 Å². The molecule has 0 spiro atoms. The van der Waals surface area contributed by atoms with Gasteiger partial charge in [0.25, 0.3) is 0 Å². The Morgan fingerprint density at radius 2 is 2.00 bits per heavy atom. The van der Waals surface area contributed by atoms with Crippen LogP contribution in [0.1, 0.15) is 0 Å². The van der Waals surface area contributed by atoms with Gasteiger partial charge < -0.3 is 9.47 Å². The predicted octanol–water partition coefficient (Wildman–Crippen LogP) is 1.04. The van der Waals surface area contributed by atoms with Crippen LogP contribution in [0.15, 0.2) is 22.7 Å². The number of ether oxygens (including phenoxy) is 2. The number of primary sulfonamides is 1. The molecule has 0 aliphatic heterocycles. The average molecular weight is 369 g/mol. The molecule has 20 heavy (non-hydrogen) atoms. The van der Waals surface area contributed by atoms with Gasteiger partial charge in [0.15, 0.2) is 5.75 Å². The molecule has 0 unspecified atom stereocenters. The number of halogens is 1. The summed E-state index contributed by atoms with van der Waals surface area (Å²) in [7, 11) is -3.55. The van der Waals surface area contributed by atoms with Gasteiger partial charge in [-0.05, 0) is 12.1 Å². The molecule has 0 aliphatic carbocycles. The van der Waals surface area contributed by atoms with Crippen LogP contribution in [-0.2, 0) is 14.8 Å². The summed E-state index contributed by atoms with van der Waals surface area (Å²) in [5.74, 6) is -0.168. The maximum absolute atomic E-state index is 10.8. The molecule has 1 aromatic rings. The summed E-state index contributed by atoms with van der Waals surface area (Å²) in [5, 5.41) is 15.6. The molecule has 0 saturated carbocycles. The Kier molecular flexibility index (Phi) is 6.33. The summed E-state index contributed by atoms with van der Waals surface area (Å²) >= 11 is 3.13. The summed E-state index contributed by atoms with van der Waals surface area (Å²) in [6.07, 6.45) is 0. The molecule has 0 fully saturated rings. The molecule has 10 heteroatoms. The molecule has 2 N–H and O–H groups in total. The smallest absolute Gasteiger partial charge is 0.312 e. The Morgan fingerprint density at radius 1 is 1.30 bits per heavy atom. The van der Waals surface area contributed by atoms with E-state index >= 15 is 0 Å². The number of hydrogen-bond donors (Lipinski definition) is 1. The number of hydrogen-bond acceptors (Lipinski definition) is 6. The molecule has 1 rings (SSSR count). The second-order valence-corrected chi connectivity index (χ2v) is 6.35. The molecule has 8 nitrogen and oxygen atoms in total. The number of rotatable bonds is 8. The molecular formula is C10H13BrN2O6S. The zero-order valence-electron chi connectivity index (χ0n) is 10.3. The van der Waals surface area contributed by atoms with E-state index in [1.807, 2.05) is 0 Å². The van der Waals surface area contributed by atoms with Gasteiger partial charge in [0, 0.05) is 10.5 Å². The van der Waals surface area contributed by atoms with E-state index in [2.05, 4.69) is 15.9 Å². The fraction of sp³-hybridized carbons (Fsp3) is 0.400. The molecule has 112 valence electrons. The third kappa shape index (κ3) is 6.28. The Balaban J connectivity index is 2.41. The van der Waals surface area contributed by atoms with E-state index in [-0.39, 0.29) is 37.0 Å². The van der Waals surface area contributed by atoms with Crippen LogP contribution in [0.4, 0.5) is 5.69 Å². The Hall–Kier alpha value is -1.23. The van der Waals surface area contributed by atoms with Gasteiger partial charge in [-0.3, -0.25) is 10.1 Å². The van der Waals surface area contributed by atoms with Crippen molar-refractivity contribution in [3.8, 4) is 5.75 Å². The molecule has 0 atom stereocenters. The number of nitro groups is 1. The van der Waals surface area contributed by atoms with Gasteiger partial charge in [-0.15, -0.1) is 0 Å². The van der Waals surface area contributed by atoms with Crippen molar-refractivity contribution in [3.63, 3.8) is 0 Å². The SMILES string of the molecule is NS(=O)(=O)CCOCCOc1ccc(Br)cc1[N+](=O)[O-]. The highest BCUT2D eigenvalue weighted by molar-refractivity contribution is 9.10. The predicted molar refractivity (Wildman–Crippen MR) is 75.1 cm³/mol. The topological polar surface area (TPSA) is 122 Å². The lowest BCUT2D eigenvalue weighted by molar-refractivity contribution is -0.386. The molecule has 0 aromatic heterocycles. The van der Waals surface area contributed by atoms with Gasteiger partial charge in [0.1, 0.15) is 6.61 Å². The van der Waals surface area contributed by atoms with Crippen molar-refractivity contribution in [2.45, 2.75) is 0 Å². The fourth-order valence-corrected chi connectivity index (χ4v) is 1.94. The van der Waals surface area contributed by atoms with Crippen LogP contribution in [-0.4, -0.2) is 38.9 Å². The Morgan fingerprint density at radius 3 is 2.60 bits per heavy atom. The third-order valence-electron chi connectivity index (χ3n) is 2.12. The zero-order chi connectivity index (χ0) is 15.2. The zero-order valence-corrected chi connectivity index (χ0v) is 12.7. The standard InChI is InChI=1S/C10H13BrN2O6S/c11-8-1-2-10(9(7-8)13(14)15)19-4-3-18-5-6-20(12,16)17/h1-2,7H,3-6H2,(H2,12,16,17). The van der Waals surface area contributed by atoms with Gasteiger partial charge in [-0.1, -0.05) is 15.9 Å². The second-order valence-electron chi connectivity index (χ2n) is 3.70. The van der Waals surface area contributed by atoms with Crippen molar-refractivity contribution in [1.82, 2.24) is 0 Å². The van der Waals surface area contributed by atoms with E-state index in [4.69, 9.17) is 14.6 Å². The largest absolute Gasteiger partial charge is 0.484 e. The van der Waals surface area contributed by atoms with Crippen molar-refractivity contribution in [2.75, 3.05) is 25.6 Å². The van der Waals surface area contributed by atoms with Gasteiger partial charge in [0.05, 0.1) is 23.9 Å². The maximum atomic E-state index is 10.8. The summed E-state index contributed by atoms with van der Waals surface area (Å²) in [6.45, 7) is 0.112. The van der Waals surface area contributed by atoms with Crippen molar-refractivity contribution >= 4 is 31.6 Å². The van der Waals surface area contributed by atoms with Crippen LogP contribution in [0.25, 0.3) is 0 Å². The van der Waals surface area contributed by atoms with Crippen LogP contribution in [0, 0.1) is 10.1 Å². The van der Waals surface area contributed by atoms with Crippen molar-refractivity contribution in [1.29, 1.82) is 0 Å². The molecule has 0 heterocycles. The summed E-state index contributed by atoms with van der Waals surface area (Å²) in [5.41, 5.74) is -0.163. The van der Waals surface area contributed by atoms with Crippen molar-refractivity contribution in [3.05, 3.63) is 32.8 Å². The summed E-state index contributed by atoms with van der Waals surface area (Å²) in [6, 6.07) is 4.41. The highest BCUT2D eigenvalue weighted by Gasteiger charge is 2.15. The minimum absolute atomic E-state index is 0.0510. The number of nitrogens with two attached hydrogens (primary N) is 1. The molecule has 0 radical (unpaired) electrons. The van der Waals surface area contributed by atoms with Gasteiger partial charge >= 0.3 is 5.69 Å². The normalized spacial score (nSPS) is 11.3. The monoisotopic (exact) mass is 368 g/mol. The fourth-order valence-electron chi connectivity index (χ4n) is 1.24. The number of sulfonamides is 1. The second kappa shape index (κ2) is 7.53. The quantitative estimate of drug-likeness (QED) is 0.415. The average Bonchev–Trinajstić information content (AvgIpc) is 2.33. The van der Waals surface area contributed by atoms with Gasteiger partial charge in [-0.2, -0.15) is 0 Å². The van der Waals surface area contributed by atoms with E-state index in [1.54, 1.807) is 6.07 Å².